The Bertz CT molecular complexity index is 887. The van der Waals surface area contributed by atoms with Crippen LogP contribution in [0.3, 0.4) is 0 Å². The minimum absolute atomic E-state index is 0.00862. The number of sulfonamides is 1. The van der Waals surface area contributed by atoms with E-state index in [4.69, 9.17) is 9.15 Å². The van der Waals surface area contributed by atoms with Crippen LogP contribution >= 0.6 is 11.3 Å². The van der Waals surface area contributed by atoms with E-state index in [1.54, 1.807) is 18.4 Å². The van der Waals surface area contributed by atoms with Crippen LogP contribution in [0.15, 0.2) is 62.7 Å². The van der Waals surface area contributed by atoms with Crippen LogP contribution in [-0.4, -0.2) is 22.1 Å². The molecule has 0 bridgehead atoms. The fraction of sp³-hybridized carbons (Fsp3) is 0.176. The number of methoxy groups -OCH3 is 1. The Hall–Kier alpha value is -2.16. The SMILES string of the molecule is COc1ccc(S(=O)(=O)NCC(c2ccsc2)c2ccco2)cc1F. The molecule has 1 unspecified atom stereocenters. The van der Waals surface area contributed by atoms with Crippen molar-refractivity contribution in [2.45, 2.75) is 10.8 Å². The number of furan rings is 1. The van der Waals surface area contributed by atoms with Crippen molar-refractivity contribution in [3.05, 3.63) is 70.6 Å². The highest BCUT2D eigenvalue weighted by Gasteiger charge is 2.22. The smallest absolute Gasteiger partial charge is 0.240 e. The van der Waals surface area contributed by atoms with E-state index in [2.05, 4.69) is 4.72 Å². The van der Waals surface area contributed by atoms with E-state index >= 15 is 0 Å². The summed E-state index contributed by atoms with van der Waals surface area (Å²) >= 11 is 1.52. The van der Waals surface area contributed by atoms with Gasteiger partial charge in [0.1, 0.15) is 5.76 Å². The average molecular weight is 381 g/mol. The largest absolute Gasteiger partial charge is 0.494 e. The molecule has 2 heterocycles. The maximum atomic E-state index is 13.8. The Balaban J connectivity index is 1.81. The molecule has 1 N–H and O–H groups in total. The molecule has 0 fully saturated rings. The molecule has 1 aromatic carbocycles. The van der Waals surface area contributed by atoms with Gasteiger partial charge in [-0.25, -0.2) is 17.5 Å². The minimum atomic E-state index is -3.87. The molecular formula is C17H16FNO4S2. The first-order valence-corrected chi connectivity index (χ1v) is 9.82. The van der Waals surface area contributed by atoms with Gasteiger partial charge in [-0.1, -0.05) is 0 Å². The molecular weight excluding hydrogens is 365 g/mol. The van der Waals surface area contributed by atoms with E-state index in [1.807, 2.05) is 16.8 Å². The summed E-state index contributed by atoms with van der Waals surface area (Å²) in [5, 5.41) is 3.85. The van der Waals surface area contributed by atoms with Gasteiger partial charge in [0.15, 0.2) is 11.6 Å². The molecule has 3 rings (SSSR count). The van der Waals surface area contributed by atoms with Crippen LogP contribution in [-0.2, 0) is 10.0 Å². The second kappa shape index (κ2) is 7.38. The predicted octanol–water partition coefficient (Wildman–Crippen LogP) is 3.60. The molecule has 0 aliphatic rings. The summed E-state index contributed by atoms with van der Waals surface area (Å²) in [6.45, 7) is 0.0974. The number of rotatable bonds is 7. The van der Waals surface area contributed by atoms with Crippen molar-refractivity contribution >= 4 is 21.4 Å². The van der Waals surface area contributed by atoms with Crippen LogP contribution < -0.4 is 9.46 Å². The van der Waals surface area contributed by atoms with Crippen molar-refractivity contribution in [2.75, 3.05) is 13.7 Å². The first kappa shape index (κ1) is 17.7. The zero-order valence-electron chi connectivity index (χ0n) is 13.3. The van der Waals surface area contributed by atoms with Gasteiger partial charge in [-0.15, -0.1) is 0 Å². The van der Waals surface area contributed by atoms with Crippen LogP contribution in [0.4, 0.5) is 4.39 Å². The summed E-state index contributed by atoms with van der Waals surface area (Å²) in [5.41, 5.74) is 0.948. The summed E-state index contributed by atoms with van der Waals surface area (Å²) in [6, 6.07) is 8.99. The molecule has 5 nitrogen and oxygen atoms in total. The highest BCUT2D eigenvalue weighted by Crippen LogP contribution is 2.27. The molecule has 0 aliphatic heterocycles. The molecule has 0 spiro atoms. The highest BCUT2D eigenvalue weighted by atomic mass is 32.2. The first-order chi connectivity index (χ1) is 12.0. The van der Waals surface area contributed by atoms with Crippen molar-refractivity contribution < 1.29 is 22.0 Å². The minimum Gasteiger partial charge on any atom is -0.494 e. The molecule has 8 heteroatoms. The van der Waals surface area contributed by atoms with Crippen LogP contribution in [0.5, 0.6) is 5.75 Å². The maximum Gasteiger partial charge on any atom is 0.240 e. The van der Waals surface area contributed by atoms with Gasteiger partial charge in [0.2, 0.25) is 10.0 Å². The lowest BCUT2D eigenvalue weighted by atomic mass is 10.00. The molecule has 2 aromatic heterocycles. The van der Waals surface area contributed by atoms with Crippen molar-refractivity contribution in [3.8, 4) is 5.75 Å². The Morgan fingerprint density at radius 3 is 2.76 bits per heavy atom. The monoisotopic (exact) mass is 381 g/mol. The number of nitrogens with one attached hydrogen (secondary N) is 1. The Kier molecular flexibility index (Phi) is 5.22. The molecule has 0 amide bonds. The fourth-order valence-corrected chi connectivity index (χ4v) is 4.21. The van der Waals surface area contributed by atoms with E-state index in [1.165, 1.54) is 30.6 Å². The zero-order chi connectivity index (χ0) is 17.9. The topological polar surface area (TPSA) is 68.5 Å². The number of ether oxygens (including phenoxy) is 1. The van der Waals surface area contributed by atoms with E-state index in [-0.39, 0.29) is 23.1 Å². The molecule has 1 atom stereocenters. The predicted molar refractivity (Wildman–Crippen MR) is 93.0 cm³/mol. The molecule has 0 aliphatic carbocycles. The third kappa shape index (κ3) is 3.92. The average Bonchev–Trinajstić information content (AvgIpc) is 3.29. The molecule has 0 saturated heterocycles. The van der Waals surface area contributed by atoms with Crippen molar-refractivity contribution in [1.82, 2.24) is 4.72 Å². The van der Waals surface area contributed by atoms with Gasteiger partial charge in [0.05, 0.1) is 24.2 Å². The normalized spacial score (nSPS) is 12.9. The van der Waals surface area contributed by atoms with Gasteiger partial charge in [0, 0.05) is 6.54 Å². The Morgan fingerprint density at radius 1 is 1.32 bits per heavy atom. The summed E-state index contributed by atoms with van der Waals surface area (Å²) in [4.78, 5) is -0.158. The van der Waals surface area contributed by atoms with Crippen LogP contribution in [0.2, 0.25) is 0 Å². The van der Waals surface area contributed by atoms with Crippen LogP contribution in [0.1, 0.15) is 17.2 Å². The van der Waals surface area contributed by atoms with E-state index in [0.717, 1.165) is 11.6 Å². The molecule has 3 aromatic rings. The summed E-state index contributed by atoms with van der Waals surface area (Å²) in [7, 11) is -2.55. The third-order valence-electron chi connectivity index (χ3n) is 3.74. The van der Waals surface area contributed by atoms with Crippen LogP contribution in [0.25, 0.3) is 0 Å². The van der Waals surface area contributed by atoms with Gasteiger partial charge in [-0.3, -0.25) is 0 Å². The van der Waals surface area contributed by atoms with Crippen LogP contribution in [0, 0.1) is 5.82 Å². The van der Waals surface area contributed by atoms with Gasteiger partial charge < -0.3 is 9.15 Å². The lowest BCUT2D eigenvalue weighted by Gasteiger charge is -2.15. The van der Waals surface area contributed by atoms with E-state index in [0.29, 0.717) is 5.76 Å². The second-order valence-corrected chi connectivity index (χ2v) is 7.82. The second-order valence-electron chi connectivity index (χ2n) is 5.27. The van der Waals surface area contributed by atoms with Crippen molar-refractivity contribution in [3.63, 3.8) is 0 Å². The third-order valence-corrected chi connectivity index (χ3v) is 5.87. The summed E-state index contributed by atoms with van der Waals surface area (Å²) in [6.07, 6.45) is 1.54. The number of hydrogen-bond acceptors (Lipinski definition) is 5. The molecule has 132 valence electrons. The standard InChI is InChI=1S/C17H16FNO4S2/c1-22-17-5-4-13(9-15(17)18)25(20,21)19-10-14(12-6-8-24-11-12)16-3-2-7-23-16/h2-9,11,14,19H,10H2,1H3. The lowest BCUT2D eigenvalue weighted by molar-refractivity contribution is 0.385. The first-order valence-electron chi connectivity index (χ1n) is 7.40. The van der Waals surface area contributed by atoms with Gasteiger partial charge in [0.25, 0.3) is 0 Å². The summed E-state index contributed by atoms with van der Waals surface area (Å²) in [5.74, 6) is -0.349. The van der Waals surface area contributed by atoms with Crippen molar-refractivity contribution in [2.24, 2.45) is 0 Å². The molecule has 0 radical (unpaired) electrons. The fourth-order valence-electron chi connectivity index (χ4n) is 2.44. The highest BCUT2D eigenvalue weighted by molar-refractivity contribution is 7.89. The lowest BCUT2D eigenvalue weighted by Crippen LogP contribution is -2.29. The Morgan fingerprint density at radius 2 is 2.16 bits per heavy atom. The maximum absolute atomic E-state index is 13.8. The van der Waals surface area contributed by atoms with Crippen molar-refractivity contribution in [1.29, 1.82) is 0 Å². The summed E-state index contributed by atoms with van der Waals surface area (Å²) < 4.78 is 51.5. The molecule has 0 saturated carbocycles. The number of benzene rings is 1. The number of thiophene rings is 1. The number of hydrogen-bond donors (Lipinski definition) is 1. The Labute approximate surface area is 149 Å². The van der Waals surface area contributed by atoms with E-state index < -0.39 is 15.8 Å². The van der Waals surface area contributed by atoms with Gasteiger partial charge in [-0.05, 0) is 52.7 Å². The van der Waals surface area contributed by atoms with Gasteiger partial charge in [-0.2, -0.15) is 11.3 Å². The van der Waals surface area contributed by atoms with E-state index in [9.17, 15) is 12.8 Å². The van der Waals surface area contributed by atoms with Gasteiger partial charge >= 0.3 is 0 Å². The quantitative estimate of drug-likeness (QED) is 0.679. The zero-order valence-corrected chi connectivity index (χ0v) is 14.9. The molecule has 25 heavy (non-hydrogen) atoms. The number of halogens is 1.